The van der Waals surface area contributed by atoms with Gasteiger partial charge in [-0.1, -0.05) is 6.07 Å². The molecule has 32 heavy (non-hydrogen) atoms. The van der Waals surface area contributed by atoms with Crippen LogP contribution in [0.4, 0.5) is 15.8 Å². The molecule has 8 heteroatoms. The van der Waals surface area contributed by atoms with Gasteiger partial charge in [0.1, 0.15) is 11.6 Å². The quantitative estimate of drug-likeness (QED) is 0.649. The Morgan fingerprint density at radius 3 is 2.75 bits per heavy atom. The Balaban J connectivity index is 1.31. The van der Waals surface area contributed by atoms with Crippen LogP contribution in [0.1, 0.15) is 17.5 Å². The Kier molecular flexibility index (Phi) is 7.14. The van der Waals surface area contributed by atoms with E-state index in [1.165, 1.54) is 24.3 Å². The fourth-order valence-electron chi connectivity index (χ4n) is 3.66. The minimum Gasteiger partial charge on any atom is -0.493 e. The molecule has 0 unspecified atom stereocenters. The molecular weight excluding hydrogens is 413 g/mol. The van der Waals surface area contributed by atoms with E-state index < -0.39 is 5.82 Å². The van der Waals surface area contributed by atoms with E-state index in [0.717, 1.165) is 36.4 Å². The number of amides is 2. The number of nitrogens with one attached hydrogen (secondary N) is 2. The van der Waals surface area contributed by atoms with Gasteiger partial charge in [0.15, 0.2) is 0 Å². The van der Waals surface area contributed by atoms with Crippen molar-refractivity contribution < 1.29 is 23.5 Å². The van der Waals surface area contributed by atoms with E-state index in [9.17, 15) is 14.0 Å². The first-order valence-electron chi connectivity index (χ1n) is 10.7. The molecule has 2 aromatic rings. The molecule has 0 aromatic heterocycles. The largest absolute Gasteiger partial charge is 0.493 e. The first kappa shape index (κ1) is 22.0. The molecule has 7 nitrogen and oxygen atoms in total. The number of benzene rings is 2. The number of anilines is 2. The average molecular weight is 439 g/mol. The zero-order chi connectivity index (χ0) is 22.3. The van der Waals surface area contributed by atoms with Crippen LogP contribution in [0.2, 0.25) is 0 Å². The van der Waals surface area contributed by atoms with Gasteiger partial charge < -0.3 is 20.1 Å². The predicted octanol–water partition coefficient (Wildman–Crippen LogP) is 3.07. The van der Waals surface area contributed by atoms with Crippen molar-refractivity contribution in [1.29, 1.82) is 0 Å². The van der Waals surface area contributed by atoms with Gasteiger partial charge in [0.25, 0.3) is 0 Å². The first-order chi connectivity index (χ1) is 15.6. The van der Waals surface area contributed by atoms with E-state index in [0.29, 0.717) is 32.1 Å². The lowest BCUT2D eigenvalue weighted by Gasteiger charge is -2.26. The summed E-state index contributed by atoms with van der Waals surface area (Å²) in [6, 6.07) is 9.87. The molecule has 0 aliphatic carbocycles. The molecule has 4 rings (SSSR count). The Bertz CT molecular complexity index is 1020. The van der Waals surface area contributed by atoms with Gasteiger partial charge in [-0.15, -0.1) is 0 Å². The number of carbonyl (C=O) groups excluding carboxylic acids is 2. The van der Waals surface area contributed by atoms with Crippen molar-refractivity contribution in [1.82, 2.24) is 4.90 Å². The predicted molar refractivity (Wildman–Crippen MR) is 120 cm³/mol. The van der Waals surface area contributed by atoms with Crippen LogP contribution in [0.25, 0.3) is 6.08 Å². The van der Waals surface area contributed by atoms with Gasteiger partial charge >= 0.3 is 0 Å². The molecular formula is C24H26FN3O4. The summed E-state index contributed by atoms with van der Waals surface area (Å²) < 4.78 is 24.9. The molecule has 0 spiro atoms. The normalized spacial score (nSPS) is 15.9. The maximum Gasteiger partial charge on any atom is 0.248 e. The van der Waals surface area contributed by atoms with Crippen LogP contribution in [0.5, 0.6) is 5.75 Å². The Morgan fingerprint density at radius 2 is 1.91 bits per heavy atom. The third-order valence-corrected chi connectivity index (χ3v) is 5.41. The number of fused-ring (bicyclic) bond motifs is 1. The molecule has 0 radical (unpaired) electrons. The van der Waals surface area contributed by atoms with Gasteiger partial charge in [-0.25, -0.2) is 4.39 Å². The standard InChI is InChI=1S/C24H26FN3O4/c25-20-4-3-19(16-21(20)27-24(30)7-9-28-10-13-31-14-11-28)26-23(29)6-2-17-1-5-22-18(15-17)8-12-32-22/h1-6,15-16H,7-14H2,(H,26,29)(H,27,30)/b6-2+. The number of ether oxygens (including phenoxy) is 2. The summed E-state index contributed by atoms with van der Waals surface area (Å²) in [5.74, 6) is -0.298. The fraction of sp³-hybridized carbons (Fsp3) is 0.333. The average Bonchev–Trinajstić information content (AvgIpc) is 3.27. The molecule has 1 saturated heterocycles. The summed E-state index contributed by atoms with van der Waals surface area (Å²) in [7, 11) is 0. The third kappa shape index (κ3) is 5.93. The molecule has 0 atom stereocenters. The van der Waals surface area contributed by atoms with Crippen molar-refractivity contribution in [3.05, 3.63) is 59.4 Å². The molecule has 0 bridgehead atoms. The molecule has 2 amide bonds. The van der Waals surface area contributed by atoms with Crippen molar-refractivity contribution in [2.75, 3.05) is 50.1 Å². The lowest BCUT2D eigenvalue weighted by atomic mass is 10.1. The van der Waals surface area contributed by atoms with Gasteiger partial charge in [0.05, 0.1) is 25.5 Å². The van der Waals surface area contributed by atoms with Crippen LogP contribution < -0.4 is 15.4 Å². The van der Waals surface area contributed by atoms with Gasteiger partial charge in [0, 0.05) is 44.2 Å². The van der Waals surface area contributed by atoms with E-state index in [-0.39, 0.29) is 23.9 Å². The van der Waals surface area contributed by atoms with E-state index in [2.05, 4.69) is 15.5 Å². The molecule has 168 valence electrons. The third-order valence-electron chi connectivity index (χ3n) is 5.41. The van der Waals surface area contributed by atoms with Crippen LogP contribution in [0.15, 0.2) is 42.5 Å². The number of hydrogen-bond acceptors (Lipinski definition) is 5. The molecule has 1 fully saturated rings. The highest BCUT2D eigenvalue weighted by molar-refractivity contribution is 6.02. The van der Waals surface area contributed by atoms with Crippen LogP contribution in [0.3, 0.4) is 0 Å². The smallest absolute Gasteiger partial charge is 0.248 e. The molecule has 2 N–H and O–H groups in total. The highest BCUT2D eigenvalue weighted by Crippen LogP contribution is 2.26. The van der Waals surface area contributed by atoms with Gasteiger partial charge in [-0.05, 0) is 47.5 Å². The summed E-state index contributed by atoms with van der Waals surface area (Å²) in [6.07, 6.45) is 4.25. The minimum atomic E-state index is -0.557. The number of nitrogens with zero attached hydrogens (tertiary/aromatic N) is 1. The van der Waals surface area contributed by atoms with E-state index in [4.69, 9.17) is 9.47 Å². The number of morpholine rings is 1. The second kappa shape index (κ2) is 10.4. The summed E-state index contributed by atoms with van der Waals surface area (Å²) >= 11 is 0. The zero-order valence-corrected chi connectivity index (χ0v) is 17.7. The molecule has 0 saturated carbocycles. The van der Waals surface area contributed by atoms with Gasteiger partial charge in [-0.3, -0.25) is 14.5 Å². The minimum absolute atomic E-state index is 0.0392. The van der Waals surface area contributed by atoms with Crippen molar-refractivity contribution in [2.24, 2.45) is 0 Å². The lowest BCUT2D eigenvalue weighted by Crippen LogP contribution is -2.38. The van der Waals surface area contributed by atoms with E-state index in [1.54, 1.807) is 6.08 Å². The van der Waals surface area contributed by atoms with Crippen molar-refractivity contribution in [3.63, 3.8) is 0 Å². The second-order valence-corrected chi connectivity index (χ2v) is 7.74. The van der Waals surface area contributed by atoms with Crippen molar-refractivity contribution >= 4 is 29.3 Å². The van der Waals surface area contributed by atoms with Crippen molar-refractivity contribution in [2.45, 2.75) is 12.8 Å². The second-order valence-electron chi connectivity index (χ2n) is 7.74. The summed E-state index contributed by atoms with van der Waals surface area (Å²) in [5, 5.41) is 5.29. The maximum atomic E-state index is 14.2. The van der Waals surface area contributed by atoms with E-state index in [1.807, 2.05) is 18.2 Å². The molecule has 2 aliphatic rings. The topological polar surface area (TPSA) is 79.9 Å². The van der Waals surface area contributed by atoms with E-state index >= 15 is 0 Å². The molecule has 2 aliphatic heterocycles. The maximum absolute atomic E-state index is 14.2. The number of hydrogen-bond donors (Lipinski definition) is 2. The van der Waals surface area contributed by atoms with Crippen LogP contribution >= 0.6 is 0 Å². The Morgan fingerprint density at radius 1 is 1.06 bits per heavy atom. The molecule has 2 aromatic carbocycles. The van der Waals surface area contributed by atoms with Crippen LogP contribution in [0, 0.1) is 5.82 Å². The zero-order valence-electron chi connectivity index (χ0n) is 17.7. The SMILES string of the molecule is O=C(/C=C/c1ccc2c(c1)CCO2)Nc1ccc(F)c(NC(=O)CCN2CCOCC2)c1. The first-order valence-corrected chi connectivity index (χ1v) is 10.7. The Hall–Kier alpha value is -3.23. The van der Waals surface area contributed by atoms with Gasteiger partial charge in [0.2, 0.25) is 11.8 Å². The highest BCUT2D eigenvalue weighted by Gasteiger charge is 2.14. The van der Waals surface area contributed by atoms with Crippen molar-refractivity contribution in [3.8, 4) is 5.75 Å². The number of rotatable bonds is 7. The lowest BCUT2D eigenvalue weighted by molar-refractivity contribution is -0.116. The van der Waals surface area contributed by atoms with Crippen LogP contribution in [-0.4, -0.2) is 56.2 Å². The fourth-order valence-corrected chi connectivity index (χ4v) is 3.66. The highest BCUT2D eigenvalue weighted by atomic mass is 19.1. The Labute approximate surface area is 186 Å². The summed E-state index contributed by atoms with van der Waals surface area (Å²) in [4.78, 5) is 26.7. The summed E-state index contributed by atoms with van der Waals surface area (Å²) in [6.45, 7) is 4.17. The van der Waals surface area contributed by atoms with Crippen LogP contribution in [-0.2, 0) is 20.7 Å². The summed E-state index contributed by atoms with van der Waals surface area (Å²) in [5.41, 5.74) is 2.46. The number of carbonyl (C=O) groups is 2. The monoisotopic (exact) mass is 439 g/mol. The number of halogens is 1. The van der Waals surface area contributed by atoms with Gasteiger partial charge in [-0.2, -0.15) is 0 Å². The molecule has 2 heterocycles.